The minimum absolute atomic E-state index is 0.166. The van der Waals surface area contributed by atoms with Crippen LogP contribution in [0.1, 0.15) is 114 Å². The predicted octanol–water partition coefficient (Wildman–Crippen LogP) is 13.5. The first-order valence-electron chi connectivity index (χ1n) is 24.8. The Balaban J connectivity index is 1.19. The predicted molar refractivity (Wildman–Crippen MR) is 301 cm³/mol. The fourth-order valence-electron chi connectivity index (χ4n) is 11.9. The van der Waals surface area contributed by atoms with Gasteiger partial charge in [-0.3, -0.25) is 0 Å². The fraction of sp³-hybridized carbons (Fsp3) is 0.344. The highest BCUT2D eigenvalue weighted by atomic mass is 32.1. The van der Waals surface area contributed by atoms with Gasteiger partial charge in [0.2, 0.25) is 13.4 Å². The average Bonchev–Trinajstić information content (AvgIpc) is 3.98. The lowest BCUT2D eigenvalue weighted by Crippen LogP contribution is -2.46. The molecule has 1 aliphatic heterocycles. The normalized spacial score (nSPS) is 13.7. The van der Waals surface area contributed by atoms with Crippen LogP contribution in [0.4, 0.5) is 0 Å². The molecular weight excluding hydrogens is 846 g/mol. The van der Waals surface area contributed by atoms with Gasteiger partial charge < -0.3 is 9.88 Å². The molecule has 1 N–H and O–H groups in total. The molecule has 2 nitrogen and oxygen atoms in total. The van der Waals surface area contributed by atoms with Gasteiger partial charge in [0.25, 0.3) is 0 Å². The van der Waals surface area contributed by atoms with Crippen molar-refractivity contribution in [3.8, 4) is 21.1 Å². The first-order chi connectivity index (χ1) is 31.9. The lowest BCUT2D eigenvalue weighted by atomic mass is 9.37. The molecule has 0 radical (unpaired) electrons. The number of rotatable bonds is 9. The number of aromatic nitrogens is 1. The second-order valence-corrected chi connectivity index (χ2v) is 22.7. The number of hydrogen-bond acceptors (Lipinski definition) is 3. The zero-order chi connectivity index (χ0) is 47.8. The van der Waals surface area contributed by atoms with Crippen LogP contribution < -0.4 is 21.9 Å². The maximum Gasteiger partial charge on any atom is 0.235 e. The van der Waals surface area contributed by atoms with Gasteiger partial charge in [0.05, 0.1) is 21.1 Å². The Morgan fingerprint density at radius 2 is 0.761 bits per heavy atom. The zero-order valence-electron chi connectivity index (χ0n) is 43.0. The monoisotopic (exact) mass is 919 g/mol. The Hall–Kier alpha value is -4.87. The minimum atomic E-state index is 0.166. The maximum atomic E-state index is 4.01. The Kier molecular flexibility index (Phi) is 14.8. The van der Waals surface area contributed by atoms with E-state index >= 15 is 0 Å². The molecule has 3 aromatic heterocycles. The number of H-pyrrole nitrogens is 1. The average molecular weight is 919 g/mol. The molecule has 344 valence electrons. The SMILES string of the molecule is Cc1cc(C)c(B(/C=C/c2cc3c(s2)-c2ccc([nH]2)-c2sc(/C=C/B(c4c(C)cc(C)cc4C)c4c(C)cc(C)cc4C)cc2CCCN(C(C)C)CCC3)c2c(C)cc(C)cc2C)c(C)c1. The standard InChI is InChI=1S/C61H72B2N2S2/c1-37(2)65-25-15-17-50-35-52(21-23-62(56-42(7)27-38(3)28-43(56)8)57-44(9)29-39(4)30-45(57)10)66-60(50)54-19-20-55(64-54)61-51(18-16-26-65)36-53(67-61)22-24-63(58-46(11)31-40(5)32-47(58)12)59-48(13)33-41(6)34-49(59)14/h19-24,27-37,64H,15-18,25-26H2,1-14H3/b23-21+,24-22+. The summed E-state index contributed by atoms with van der Waals surface area (Å²) in [6.45, 7) is 34.5. The molecule has 1 aliphatic rings. The van der Waals surface area contributed by atoms with Crippen molar-refractivity contribution in [1.82, 2.24) is 9.88 Å². The number of aromatic amines is 1. The second kappa shape index (κ2) is 20.4. The molecule has 2 bridgehead atoms. The third kappa shape index (κ3) is 10.6. The van der Waals surface area contributed by atoms with Crippen LogP contribution in [0.15, 0.2) is 84.7 Å². The summed E-state index contributed by atoms with van der Waals surface area (Å²) in [5, 5.41) is 0. The van der Waals surface area contributed by atoms with Crippen LogP contribution in [0, 0.1) is 83.1 Å². The van der Waals surface area contributed by atoms with E-state index in [4.69, 9.17) is 0 Å². The molecular formula is C61H72B2N2S2. The van der Waals surface area contributed by atoms with E-state index in [1.165, 1.54) is 131 Å². The number of thiophene rings is 2. The van der Waals surface area contributed by atoms with Crippen LogP contribution in [0.3, 0.4) is 0 Å². The summed E-state index contributed by atoms with van der Waals surface area (Å²) >= 11 is 3.89. The summed E-state index contributed by atoms with van der Waals surface area (Å²) in [4.78, 5) is 12.1. The van der Waals surface area contributed by atoms with Crippen molar-refractivity contribution in [2.45, 2.75) is 129 Å². The van der Waals surface area contributed by atoms with Crippen molar-refractivity contribution < 1.29 is 0 Å². The van der Waals surface area contributed by atoms with E-state index in [0.29, 0.717) is 6.04 Å². The van der Waals surface area contributed by atoms with Crippen molar-refractivity contribution in [2.75, 3.05) is 13.1 Å². The van der Waals surface area contributed by atoms with Gasteiger partial charge in [-0.15, -0.1) is 34.6 Å². The molecule has 0 saturated heterocycles. The van der Waals surface area contributed by atoms with Gasteiger partial charge in [-0.25, -0.2) is 0 Å². The smallest absolute Gasteiger partial charge is 0.235 e. The van der Waals surface area contributed by atoms with E-state index in [1.54, 1.807) is 0 Å². The van der Waals surface area contributed by atoms with Gasteiger partial charge in [-0.1, -0.05) is 149 Å². The Bertz CT molecular complexity index is 2600. The van der Waals surface area contributed by atoms with Crippen molar-refractivity contribution in [1.29, 1.82) is 0 Å². The number of nitrogens with zero attached hydrogens (tertiary/aromatic N) is 1. The van der Waals surface area contributed by atoms with E-state index < -0.39 is 0 Å². The molecule has 8 rings (SSSR count). The van der Waals surface area contributed by atoms with E-state index in [9.17, 15) is 0 Å². The van der Waals surface area contributed by atoms with Gasteiger partial charge in [-0.05, 0) is 171 Å². The van der Waals surface area contributed by atoms with E-state index in [-0.39, 0.29) is 13.4 Å². The van der Waals surface area contributed by atoms with Gasteiger partial charge in [0.15, 0.2) is 0 Å². The van der Waals surface area contributed by atoms with E-state index in [1.807, 2.05) is 22.7 Å². The Morgan fingerprint density at radius 1 is 0.463 bits per heavy atom. The number of nitrogens with one attached hydrogen (secondary N) is 1. The van der Waals surface area contributed by atoms with Crippen LogP contribution in [-0.2, 0) is 12.8 Å². The van der Waals surface area contributed by atoms with Crippen LogP contribution in [0.5, 0.6) is 0 Å². The molecule has 0 amide bonds. The highest BCUT2D eigenvalue weighted by Crippen LogP contribution is 2.39. The van der Waals surface area contributed by atoms with Crippen molar-refractivity contribution in [3.63, 3.8) is 0 Å². The van der Waals surface area contributed by atoms with Crippen molar-refractivity contribution in [3.05, 3.63) is 172 Å². The summed E-state index contributed by atoms with van der Waals surface area (Å²) in [6, 6.07) is 29.1. The third-order valence-corrected chi connectivity index (χ3v) is 16.8. The molecule has 0 spiro atoms. The van der Waals surface area contributed by atoms with Crippen molar-refractivity contribution >= 4 is 70.1 Å². The molecule has 6 heteroatoms. The summed E-state index contributed by atoms with van der Waals surface area (Å²) in [5.41, 5.74) is 27.3. The largest absolute Gasteiger partial charge is 0.353 e. The number of benzene rings is 4. The molecule has 0 atom stereocenters. The quantitative estimate of drug-likeness (QED) is 0.143. The highest BCUT2D eigenvalue weighted by Gasteiger charge is 2.27. The van der Waals surface area contributed by atoms with E-state index in [0.717, 1.165) is 38.8 Å². The molecule has 0 saturated carbocycles. The molecule has 4 heterocycles. The number of hydrogen-bond donors (Lipinski definition) is 1. The van der Waals surface area contributed by atoms with Crippen molar-refractivity contribution in [2.24, 2.45) is 0 Å². The lowest BCUT2D eigenvalue weighted by Gasteiger charge is -2.26. The topological polar surface area (TPSA) is 19.0 Å². The molecule has 0 unspecified atom stereocenters. The molecule has 67 heavy (non-hydrogen) atoms. The zero-order valence-corrected chi connectivity index (χ0v) is 44.6. The van der Waals surface area contributed by atoms with Crippen LogP contribution in [0.25, 0.3) is 33.3 Å². The first kappa shape index (κ1) is 48.6. The third-order valence-electron chi connectivity index (χ3n) is 14.4. The van der Waals surface area contributed by atoms with Gasteiger partial charge in [0.1, 0.15) is 0 Å². The molecule has 7 aromatic rings. The Morgan fingerprint density at radius 3 is 1.04 bits per heavy atom. The summed E-state index contributed by atoms with van der Waals surface area (Å²) in [7, 11) is 0. The van der Waals surface area contributed by atoms with Crippen LogP contribution in [0.2, 0.25) is 0 Å². The number of aryl methyl sites for hydroxylation is 14. The highest BCUT2D eigenvalue weighted by molar-refractivity contribution is 7.17. The summed E-state index contributed by atoms with van der Waals surface area (Å²) in [5.74, 6) is 5.00. The van der Waals surface area contributed by atoms with Crippen LogP contribution in [-0.4, -0.2) is 42.4 Å². The minimum Gasteiger partial charge on any atom is -0.353 e. The molecule has 0 fully saturated rings. The fourth-order valence-corrected chi connectivity index (χ4v) is 14.1. The van der Waals surface area contributed by atoms with E-state index in [2.05, 4.69) is 204 Å². The van der Waals surface area contributed by atoms with Gasteiger partial charge in [-0.2, -0.15) is 0 Å². The summed E-state index contributed by atoms with van der Waals surface area (Å²) < 4.78 is 0. The second-order valence-electron chi connectivity index (χ2n) is 20.6. The van der Waals surface area contributed by atoms with Gasteiger partial charge in [0, 0.05) is 15.8 Å². The maximum absolute atomic E-state index is 4.01. The summed E-state index contributed by atoms with van der Waals surface area (Å²) in [6.07, 6.45) is 9.27. The Labute approximate surface area is 412 Å². The molecule has 0 aliphatic carbocycles. The van der Waals surface area contributed by atoms with Crippen LogP contribution >= 0.6 is 22.7 Å². The van der Waals surface area contributed by atoms with Gasteiger partial charge >= 0.3 is 0 Å². The molecule has 4 aromatic carbocycles. The lowest BCUT2D eigenvalue weighted by molar-refractivity contribution is 0.217. The number of fused-ring (bicyclic) bond motifs is 6. The first-order valence-corrected chi connectivity index (χ1v) is 26.5.